The molecule has 5 heteroatoms. The van der Waals surface area contributed by atoms with Crippen LogP contribution in [0, 0.1) is 5.41 Å². The first kappa shape index (κ1) is 13.0. The van der Waals surface area contributed by atoms with Crippen LogP contribution in [0.3, 0.4) is 0 Å². The summed E-state index contributed by atoms with van der Waals surface area (Å²) in [5.41, 5.74) is -0.756. The first-order valence-corrected chi connectivity index (χ1v) is 5.71. The van der Waals surface area contributed by atoms with Gasteiger partial charge in [0.15, 0.2) is 0 Å². The maximum atomic E-state index is 11.7. The first-order valence-electron chi connectivity index (χ1n) is 5.71. The van der Waals surface area contributed by atoms with Gasteiger partial charge in [-0.3, -0.25) is 9.59 Å². The fourth-order valence-corrected chi connectivity index (χ4v) is 1.88. The van der Waals surface area contributed by atoms with Crippen molar-refractivity contribution >= 4 is 11.9 Å². The van der Waals surface area contributed by atoms with E-state index in [-0.39, 0.29) is 5.91 Å². The summed E-state index contributed by atoms with van der Waals surface area (Å²) in [7, 11) is 0. The van der Waals surface area contributed by atoms with Gasteiger partial charge in [-0.1, -0.05) is 6.92 Å². The minimum Gasteiger partial charge on any atom is -0.481 e. The summed E-state index contributed by atoms with van der Waals surface area (Å²) in [6, 6.07) is 0. The van der Waals surface area contributed by atoms with E-state index in [4.69, 9.17) is 5.11 Å². The van der Waals surface area contributed by atoms with Gasteiger partial charge in [0, 0.05) is 26.1 Å². The Morgan fingerprint density at radius 2 is 2.19 bits per heavy atom. The summed E-state index contributed by atoms with van der Waals surface area (Å²) in [6.45, 7) is 6.10. The van der Waals surface area contributed by atoms with Gasteiger partial charge in [-0.15, -0.1) is 0 Å². The second-order valence-electron chi connectivity index (χ2n) is 4.53. The maximum Gasteiger partial charge on any atom is 0.311 e. The number of carbonyl (C=O) groups is 2. The molecule has 1 aliphatic heterocycles. The summed E-state index contributed by atoms with van der Waals surface area (Å²) in [5, 5.41) is 12.1. The minimum absolute atomic E-state index is 0.0472. The van der Waals surface area contributed by atoms with Crippen LogP contribution in [-0.4, -0.2) is 48.1 Å². The first-order chi connectivity index (χ1) is 7.49. The fraction of sp³-hybridized carbons (Fsp3) is 0.818. The number of nitrogens with zero attached hydrogens (tertiary/aromatic N) is 1. The van der Waals surface area contributed by atoms with Gasteiger partial charge in [0.1, 0.15) is 0 Å². The normalized spacial score (nSPS) is 24.8. The van der Waals surface area contributed by atoms with E-state index >= 15 is 0 Å². The molecule has 92 valence electrons. The van der Waals surface area contributed by atoms with E-state index in [1.807, 2.05) is 6.92 Å². The standard InChI is InChI=1S/C11H20N2O3/c1-3-12-6-4-9(14)13-7-5-11(2,8-13)10(15)16/h12H,3-8H2,1-2H3,(H,15,16). The van der Waals surface area contributed by atoms with Gasteiger partial charge in [-0.25, -0.2) is 0 Å². The molecule has 1 saturated heterocycles. The Bertz CT molecular complexity index is 280. The Morgan fingerprint density at radius 3 is 2.69 bits per heavy atom. The molecular weight excluding hydrogens is 208 g/mol. The molecule has 0 aromatic carbocycles. The Hall–Kier alpha value is -1.10. The molecule has 0 radical (unpaired) electrons. The number of carboxylic acids is 1. The summed E-state index contributed by atoms with van der Waals surface area (Å²) in [6.07, 6.45) is 0.999. The summed E-state index contributed by atoms with van der Waals surface area (Å²) in [4.78, 5) is 24.4. The van der Waals surface area contributed by atoms with Gasteiger partial charge >= 0.3 is 5.97 Å². The lowest BCUT2D eigenvalue weighted by molar-refractivity contribution is -0.147. The molecule has 0 spiro atoms. The third-order valence-electron chi connectivity index (χ3n) is 3.11. The van der Waals surface area contributed by atoms with Crippen LogP contribution in [0.1, 0.15) is 26.7 Å². The van der Waals surface area contributed by atoms with E-state index in [1.165, 1.54) is 0 Å². The Balaban J connectivity index is 2.41. The maximum absolute atomic E-state index is 11.7. The van der Waals surface area contributed by atoms with Gasteiger partial charge in [0.2, 0.25) is 5.91 Å². The molecule has 0 bridgehead atoms. The Labute approximate surface area is 95.8 Å². The van der Waals surface area contributed by atoms with E-state index in [0.717, 1.165) is 6.54 Å². The van der Waals surface area contributed by atoms with Crippen molar-refractivity contribution in [2.75, 3.05) is 26.2 Å². The van der Waals surface area contributed by atoms with Crippen molar-refractivity contribution in [2.45, 2.75) is 26.7 Å². The molecule has 5 nitrogen and oxygen atoms in total. The molecule has 0 aromatic heterocycles. The monoisotopic (exact) mass is 228 g/mol. The molecule has 1 aliphatic rings. The van der Waals surface area contributed by atoms with Crippen LogP contribution in [0.4, 0.5) is 0 Å². The van der Waals surface area contributed by atoms with Crippen LogP contribution in [0.5, 0.6) is 0 Å². The molecule has 1 fully saturated rings. The number of nitrogens with one attached hydrogen (secondary N) is 1. The van der Waals surface area contributed by atoms with Gasteiger partial charge in [0.25, 0.3) is 0 Å². The van der Waals surface area contributed by atoms with E-state index in [1.54, 1.807) is 11.8 Å². The molecule has 1 heterocycles. The lowest BCUT2D eigenvalue weighted by Crippen LogP contribution is -2.36. The predicted molar refractivity (Wildman–Crippen MR) is 60.1 cm³/mol. The number of hydrogen-bond acceptors (Lipinski definition) is 3. The van der Waals surface area contributed by atoms with Crippen molar-refractivity contribution in [3.63, 3.8) is 0 Å². The molecule has 1 amide bonds. The number of likely N-dealkylation sites (tertiary alicyclic amines) is 1. The second kappa shape index (κ2) is 5.30. The summed E-state index contributed by atoms with van der Waals surface area (Å²) >= 11 is 0. The van der Waals surface area contributed by atoms with Gasteiger partial charge in [-0.2, -0.15) is 0 Å². The van der Waals surface area contributed by atoms with E-state index in [0.29, 0.717) is 32.5 Å². The molecule has 1 rings (SSSR count). The smallest absolute Gasteiger partial charge is 0.311 e. The number of amides is 1. The van der Waals surface area contributed by atoms with Crippen LogP contribution in [0.25, 0.3) is 0 Å². The zero-order valence-corrected chi connectivity index (χ0v) is 9.95. The quantitative estimate of drug-likeness (QED) is 0.664. The lowest BCUT2D eigenvalue weighted by Gasteiger charge is -2.20. The molecule has 16 heavy (non-hydrogen) atoms. The Morgan fingerprint density at radius 1 is 1.50 bits per heavy atom. The highest BCUT2D eigenvalue weighted by atomic mass is 16.4. The molecule has 2 N–H and O–H groups in total. The largest absolute Gasteiger partial charge is 0.481 e. The lowest BCUT2D eigenvalue weighted by atomic mass is 9.90. The highest BCUT2D eigenvalue weighted by Gasteiger charge is 2.41. The van der Waals surface area contributed by atoms with Crippen molar-refractivity contribution in [3.8, 4) is 0 Å². The molecule has 0 aromatic rings. The number of rotatable bonds is 5. The van der Waals surface area contributed by atoms with Crippen LogP contribution in [-0.2, 0) is 9.59 Å². The average Bonchev–Trinajstić information content (AvgIpc) is 2.63. The molecule has 0 saturated carbocycles. The Kier molecular flexibility index (Phi) is 4.29. The van der Waals surface area contributed by atoms with E-state index in [9.17, 15) is 9.59 Å². The van der Waals surface area contributed by atoms with Crippen LogP contribution in [0.2, 0.25) is 0 Å². The zero-order valence-electron chi connectivity index (χ0n) is 9.95. The highest BCUT2D eigenvalue weighted by Crippen LogP contribution is 2.30. The molecular formula is C11H20N2O3. The van der Waals surface area contributed by atoms with Crippen LogP contribution < -0.4 is 5.32 Å². The molecule has 0 aliphatic carbocycles. The van der Waals surface area contributed by atoms with Gasteiger partial charge < -0.3 is 15.3 Å². The van der Waals surface area contributed by atoms with E-state index in [2.05, 4.69) is 5.32 Å². The van der Waals surface area contributed by atoms with Crippen molar-refractivity contribution in [1.82, 2.24) is 10.2 Å². The number of carbonyl (C=O) groups excluding carboxylic acids is 1. The fourth-order valence-electron chi connectivity index (χ4n) is 1.88. The third-order valence-corrected chi connectivity index (χ3v) is 3.11. The average molecular weight is 228 g/mol. The second-order valence-corrected chi connectivity index (χ2v) is 4.53. The van der Waals surface area contributed by atoms with Gasteiger partial charge in [0.05, 0.1) is 5.41 Å². The van der Waals surface area contributed by atoms with Crippen molar-refractivity contribution < 1.29 is 14.7 Å². The predicted octanol–water partition coefficient (Wildman–Crippen LogP) is 0.309. The molecule has 1 atom stereocenters. The summed E-state index contributed by atoms with van der Waals surface area (Å²) in [5.74, 6) is -0.764. The topological polar surface area (TPSA) is 69.6 Å². The SMILES string of the molecule is CCNCCC(=O)N1CCC(C)(C(=O)O)C1. The van der Waals surface area contributed by atoms with Crippen LogP contribution in [0.15, 0.2) is 0 Å². The number of hydrogen-bond donors (Lipinski definition) is 2. The minimum atomic E-state index is -0.811. The number of aliphatic carboxylic acids is 1. The third kappa shape index (κ3) is 2.95. The highest BCUT2D eigenvalue weighted by molar-refractivity contribution is 5.80. The van der Waals surface area contributed by atoms with Gasteiger partial charge in [-0.05, 0) is 19.9 Å². The molecule has 1 unspecified atom stereocenters. The zero-order chi connectivity index (χ0) is 12.2. The van der Waals surface area contributed by atoms with Crippen molar-refractivity contribution in [1.29, 1.82) is 0 Å². The van der Waals surface area contributed by atoms with E-state index < -0.39 is 11.4 Å². The van der Waals surface area contributed by atoms with Crippen molar-refractivity contribution in [2.24, 2.45) is 5.41 Å². The van der Waals surface area contributed by atoms with Crippen LogP contribution >= 0.6 is 0 Å². The number of carboxylic acid groups (broad SMARTS) is 1. The van der Waals surface area contributed by atoms with Crippen molar-refractivity contribution in [3.05, 3.63) is 0 Å². The summed E-state index contributed by atoms with van der Waals surface area (Å²) < 4.78 is 0.